The lowest BCUT2D eigenvalue weighted by atomic mass is 10.1. The van der Waals surface area contributed by atoms with Gasteiger partial charge >= 0.3 is 0 Å². The van der Waals surface area contributed by atoms with Gasteiger partial charge in [-0.05, 0) is 30.0 Å². The number of carbonyl (C=O) groups excluding carboxylic acids is 1. The van der Waals surface area contributed by atoms with Crippen LogP contribution in [0.2, 0.25) is 0 Å². The highest BCUT2D eigenvalue weighted by molar-refractivity contribution is 7.07. The number of nitrogens with one attached hydrogen (secondary N) is 1. The first kappa shape index (κ1) is 15.4. The van der Waals surface area contributed by atoms with E-state index < -0.39 is 0 Å². The zero-order chi connectivity index (χ0) is 17.5. The maximum Gasteiger partial charge on any atom is 0.257 e. The third-order valence-corrected chi connectivity index (χ3v) is 5.46. The fraction of sp³-hybridized carbons (Fsp3) is 0.150. The SMILES string of the molecule is O=C(Nc1ccc2c(c1)[NH2+]C(c1cscn1)=N2)[C@H]1C[C@@H]1c1ccccc1. The van der Waals surface area contributed by atoms with Gasteiger partial charge in [0, 0.05) is 23.1 Å². The largest absolute Gasteiger partial charge is 0.326 e. The van der Waals surface area contributed by atoms with E-state index >= 15 is 0 Å². The van der Waals surface area contributed by atoms with Crippen molar-refractivity contribution in [2.45, 2.75) is 12.3 Å². The second kappa shape index (κ2) is 6.16. The number of hydrogen-bond donors (Lipinski definition) is 2. The van der Waals surface area contributed by atoms with Crippen LogP contribution in [-0.2, 0) is 4.79 Å². The minimum atomic E-state index is 0.0662. The van der Waals surface area contributed by atoms with Crippen molar-refractivity contribution in [3.8, 4) is 0 Å². The average molecular weight is 361 g/mol. The van der Waals surface area contributed by atoms with E-state index in [9.17, 15) is 4.79 Å². The van der Waals surface area contributed by atoms with Gasteiger partial charge < -0.3 is 5.32 Å². The fourth-order valence-electron chi connectivity index (χ4n) is 3.42. The number of aliphatic imine (C=N–C) groups is 1. The molecule has 2 aromatic carbocycles. The van der Waals surface area contributed by atoms with Gasteiger partial charge in [-0.15, -0.1) is 11.3 Å². The molecular weight excluding hydrogens is 344 g/mol. The summed E-state index contributed by atoms with van der Waals surface area (Å²) in [5.74, 6) is 1.38. The highest BCUT2D eigenvalue weighted by atomic mass is 32.1. The van der Waals surface area contributed by atoms with E-state index in [4.69, 9.17) is 0 Å². The van der Waals surface area contributed by atoms with Crippen molar-refractivity contribution >= 4 is 40.1 Å². The lowest BCUT2D eigenvalue weighted by Gasteiger charge is -2.06. The predicted octanol–water partition coefficient (Wildman–Crippen LogP) is 3.17. The number of amides is 1. The molecule has 3 aromatic rings. The Balaban J connectivity index is 1.26. The van der Waals surface area contributed by atoms with Crippen molar-refractivity contribution in [3.05, 3.63) is 70.7 Å². The molecule has 5 rings (SSSR count). The zero-order valence-electron chi connectivity index (χ0n) is 13.9. The van der Waals surface area contributed by atoms with Gasteiger partial charge in [-0.3, -0.25) is 10.1 Å². The van der Waals surface area contributed by atoms with E-state index in [2.05, 4.69) is 27.4 Å². The maximum atomic E-state index is 12.6. The summed E-state index contributed by atoms with van der Waals surface area (Å²) in [4.78, 5) is 21.5. The van der Waals surface area contributed by atoms with Crippen LogP contribution < -0.4 is 10.6 Å². The molecule has 0 radical (unpaired) electrons. The van der Waals surface area contributed by atoms with Crippen LogP contribution in [0.15, 0.2) is 64.4 Å². The Morgan fingerprint density at radius 1 is 1.19 bits per heavy atom. The fourth-order valence-corrected chi connectivity index (χ4v) is 3.96. The summed E-state index contributed by atoms with van der Waals surface area (Å²) >= 11 is 1.56. The van der Waals surface area contributed by atoms with Crippen molar-refractivity contribution in [1.82, 2.24) is 4.98 Å². The van der Waals surface area contributed by atoms with E-state index in [0.29, 0.717) is 5.92 Å². The van der Waals surface area contributed by atoms with Crippen LogP contribution in [0, 0.1) is 5.92 Å². The van der Waals surface area contributed by atoms with E-state index in [1.807, 2.05) is 47.1 Å². The van der Waals surface area contributed by atoms with Gasteiger partial charge in [-0.2, -0.15) is 4.99 Å². The Morgan fingerprint density at radius 3 is 2.88 bits per heavy atom. The van der Waals surface area contributed by atoms with Crippen LogP contribution in [0.25, 0.3) is 0 Å². The number of amidine groups is 1. The van der Waals surface area contributed by atoms with E-state index in [1.165, 1.54) is 5.56 Å². The van der Waals surface area contributed by atoms with Crippen molar-refractivity contribution in [1.29, 1.82) is 0 Å². The van der Waals surface area contributed by atoms with E-state index in [1.54, 1.807) is 16.8 Å². The molecule has 2 aliphatic rings. The Labute approximate surface area is 154 Å². The second-order valence-electron chi connectivity index (χ2n) is 6.64. The van der Waals surface area contributed by atoms with Crippen LogP contribution in [0.5, 0.6) is 0 Å². The molecule has 2 atom stereocenters. The molecule has 1 aliphatic carbocycles. The molecule has 0 saturated heterocycles. The molecule has 2 heterocycles. The highest BCUT2D eigenvalue weighted by Crippen LogP contribution is 2.48. The number of quaternary nitrogens is 1. The van der Waals surface area contributed by atoms with Gasteiger partial charge in [0.25, 0.3) is 5.84 Å². The Morgan fingerprint density at radius 2 is 2.08 bits per heavy atom. The molecule has 0 bridgehead atoms. The van der Waals surface area contributed by atoms with Crippen LogP contribution in [0.3, 0.4) is 0 Å². The summed E-state index contributed by atoms with van der Waals surface area (Å²) in [6.07, 6.45) is 0.921. The molecule has 1 fully saturated rings. The molecule has 1 aromatic heterocycles. The summed E-state index contributed by atoms with van der Waals surface area (Å²) in [6, 6.07) is 16.1. The molecule has 0 unspecified atom stereocenters. The average Bonchev–Trinajstić information content (AvgIpc) is 3.08. The van der Waals surface area contributed by atoms with Gasteiger partial charge in [0.15, 0.2) is 11.4 Å². The van der Waals surface area contributed by atoms with Gasteiger partial charge in [-0.25, -0.2) is 4.98 Å². The standard InChI is InChI=1S/C20H16N4OS/c25-20(15-9-14(15)12-4-2-1-3-5-12)22-13-6-7-16-17(8-13)24-19(23-16)18-10-26-11-21-18/h1-8,10-11,14-15H,9H2,(H,22,25)(H,23,24)/p+1/t14-,15+/m1/s1. The minimum absolute atomic E-state index is 0.0662. The summed E-state index contributed by atoms with van der Waals surface area (Å²) in [5.41, 5.74) is 6.69. The summed E-state index contributed by atoms with van der Waals surface area (Å²) in [6.45, 7) is 0. The second-order valence-corrected chi connectivity index (χ2v) is 7.36. The predicted molar refractivity (Wildman–Crippen MR) is 102 cm³/mol. The smallest absolute Gasteiger partial charge is 0.257 e. The number of nitrogens with two attached hydrogens (primary N) is 1. The quantitative estimate of drug-likeness (QED) is 0.701. The number of fused-ring (bicyclic) bond motifs is 1. The molecule has 3 N–H and O–H groups in total. The molecule has 0 spiro atoms. The van der Waals surface area contributed by atoms with Crippen molar-refractivity contribution < 1.29 is 10.1 Å². The third kappa shape index (κ3) is 2.83. The molecule has 6 heteroatoms. The number of carbonyl (C=O) groups is 1. The van der Waals surface area contributed by atoms with E-state index in [0.717, 1.165) is 35.0 Å². The number of nitrogens with zero attached hydrogens (tertiary/aromatic N) is 2. The topological polar surface area (TPSA) is 71.0 Å². The Kier molecular flexibility index (Phi) is 3.65. The molecule has 128 valence electrons. The summed E-state index contributed by atoms with van der Waals surface area (Å²) in [7, 11) is 0. The molecule has 5 nitrogen and oxygen atoms in total. The zero-order valence-corrected chi connectivity index (χ0v) is 14.7. The van der Waals surface area contributed by atoms with Crippen LogP contribution in [-0.4, -0.2) is 16.7 Å². The lowest BCUT2D eigenvalue weighted by molar-refractivity contribution is -0.437. The first-order valence-corrected chi connectivity index (χ1v) is 9.54. The van der Waals surface area contributed by atoms with E-state index in [-0.39, 0.29) is 11.8 Å². The number of hydrogen-bond acceptors (Lipinski definition) is 4. The monoisotopic (exact) mass is 361 g/mol. The number of rotatable bonds is 4. The van der Waals surface area contributed by atoms with Gasteiger partial charge in [0.05, 0.1) is 5.51 Å². The minimum Gasteiger partial charge on any atom is -0.326 e. The summed E-state index contributed by atoms with van der Waals surface area (Å²) < 4.78 is 0. The van der Waals surface area contributed by atoms with Crippen LogP contribution in [0.4, 0.5) is 17.1 Å². The first-order chi connectivity index (χ1) is 12.8. The Hall–Kier alpha value is -2.83. The number of benzene rings is 2. The van der Waals surface area contributed by atoms with Crippen molar-refractivity contribution in [2.24, 2.45) is 10.9 Å². The molecule has 1 amide bonds. The molecule has 1 saturated carbocycles. The maximum absolute atomic E-state index is 12.6. The first-order valence-electron chi connectivity index (χ1n) is 8.60. The summed E-state index contributed by atoms with van der Waals surface area (Å²) in [5, 5.41) is 7.06. The molecule has 26 heavy (non-hydrogen) atoms. The van der Waals surface area contributed by atoms with Crippen molar-refractivity contribution in [2.75, 3.05) is 5.32 Å². The van der Waals surface area contributed by atoms with Crippen molar-refractivity contribution in [3.63, 3.8) is 0 Å². The van der Waals surface area contributed by atoms with Crippen LogP contribution in [0.1, 0.15) is 23.6 Å². The highest BCUT2D eigenvalue weighted by Gasteiger charge is 2.43. The molecule has 1 aliphatic heterocycles. The number of anilines is 1. The van der Waals surface area contributed by atoms with Gasteiger partial charge in [0.2, 0.25) is 5.91 Å². The lowest BCUT2D eigenvalue weighted by Crippen LogP contribution is -2.80. The number of thiazole rings is 1. The van der Waals surface area contributed by atoms with Gasteiger partial charge in [0.1, 0.15) is 5.69 Å². The normalized spacial score (nSPS) is 20.4. The van der Waals surface area contributed by atoms with Gasteiger partial charge in [-0.1, -0.05) is 30.3 Å². The van der Waals surface area contributed by atoms with Crippen LogP contribution >= 0.6 is 11.3 Å². The number of aromatic nitrogens is 1. The third-order valence-electron chi connectivity index (χ3n) is 4.88. The Bertz CT molecular complexity index is 998. The molecular formula is C20H17N4OS+.